The lowest BCUT2D eigenvalue weighted by Gasteiger charge is -2.23. The van der Waals surface area contributed by atoms with Gasteiger partial charge in [-0.2, -0.15) is 5.26 Å². The van der Waals surface area contributed by atoms with Gasteiger partial charge in [0.15, 0.2) is 0 Å². The number of carboxylic acids is 1. The van der Waals surface area contributed by atoms with Crippen molar-refractivity contribution in [1.82, 2.24) is 4.98 Å². The van der Waals surface area contributed by atoms with Crippen molar-refractivity contribution in [2.24, 2.45) is 0 Å². The Morgan fingerprint density at radius 1 is 1.40 bits per heavy atom. The van der Waals surface area contributed by atoms with Crippen molar-refractivity contribution >= 4 is 22.6 Å². The minimum atomic E-state index is -0.822. The number of fused-ring (bicyclic) bond motifs is 1. The van der Waals surface area contributed by atoms with Crippen LogP contribution in [-0.4, -0.2) is 28.6 Å². The smallest absolute Gasteiger partial charge is 0.326 e. The Hall–Kier alpha value is -2.61. The lowest BCUT2D eigenvalue weighted by molar-refractivity contribution is -0.138. The van der Waals surface area contributed by atoms with Crippen molar-refractivity contribution in [3.63, 3.8) is 0 Å². The lowest BCUT2D eigenvalue weighted by Crippen LogP contribution is -2.36. The summed E-state index contributed by atoms with van der Waals surface area (Å²) in [5, 5.41) is 20.1. The number of hydrogen-bond acceptors (Lipinski definition) is 4. The molecule has 0 aliphatic carbocycles. The highest BCUT2D eigenvalue weighted by atomic mass is 16.4. The maximum atomic E-state index is 11.3. The van der Waals surface area contributed by atoms with Gasteiger partial charge in [0.2, 0.25) is 0 Å². The van der Waals surface area contributed by atoms with Crippen LogP contribution in [0, 0.1) is 11.3 Å². The number of carbonyl (C=O) groups is 1. The molecule has 2 heterocycles. The van der Waals surface area contributed by atoms with Gasteiger partial charge in [-0.25, -0.2) is 9.78 Å². The average Bonchev–Trinajstić information content (AvgIpc) is 2.95. The molecule has 1 aromatic carbocycles. The second-order valence-corrected chi connectivity index (χ2v) is 4.84. The van der Waals surface area contributed by atoms with E-state index in [1.165, 1.54) is 0 Å². The fourth-order valence-corrected chi connectivity index (χ4v) is 2.80. The molecule has 5 nitrogen and oxygen atoms in total. The summed E-state index contributed by atoms with van der Waals surface area (Å²) >= 11 is 0. The third-order valence-electron chi connectivity index (χ3n) is 3.72. The first kappa shape index (κ1) is 12.4. The van der Waals surface area contributed by atoms with Crippen LogP contribution in [0.5, 0.6) is 0 Å². The summed E-state index contributed by atoms with van der Waals surface area (Å²) in [4.78, 5) is 17.5. The van der Waals surface area contributed by atoms with Crippen LogP contribution in [0.3, 0.4) is 0 Å². The van der Waals surface area contributed by atoms with Gasteiger partial charge in [0.05, 0.1) is 11.6 Å². The Morgan fingerprint density at radius 2 is 2.25 bits per heavy atom. The normalized spacial score (nSPS) is 18.1. The Kier molecular flexibility index (Phi) is 2.99. The van der Waals surface area contributed by atoms with E-state index in [2.05, 4.69) is 11.1 Å². The molecule has 3 rings (SSSR count). The van der Waals surface area contributed by atoms with Gasteiger partial charge in [0.1, 0.15) is 11.9 Å². The second kappa shape index (κ2) is 4.82. The SMILES string of the molecule is N#Cc1cccc2c(N3CCCC3C(=O)O)nccc12. The number of rotatable bonds is 2. The van der Waals surface area contributed by atoms with E-state index in [9.17, 15) is 9.90 Å². The number of carboxylic acid groups (broad SMARTS) is 1. The number of aliphatic carboxylic acids is 1. The average molecular weight is 267 g/mol. The van der Waals surface area contributed by atoms with Gasteiger partial charge in [0.25, 0.3) is 0 Å². The van der Waals surface area contributed by atoms with Crippen LogP contribution in [-0.2, 0) is 4.79 Å². The number of nitrogens with zero attached hydrogens (tertiary/aromatic N) is 3. The van der Waals surface area contributed by atoms with Crippen molar-refractivity contribution in [3.05, 3.63) is 36.0 Å². The molecule has 2 aromatic rings. The quantitative estimate of drug-likeness (QED) is 0.902. The highest BCUT2D eigenvalue weighted by Gasteiger charge is 2.32. The molecule has 0 radical (unpaired) electrons. The summed E-state index contributed by atoms with van der Waals surface area (Å²) in [6, 6.07) is 8.87. The Balaban J connectivity index is 2.18. The van der Waals surface area contributed by atoms with Gasteiger partial charge in [-0.05, 0) is 25.0 Å². The summed E-state index contributed by atoms with van der Waals surface area (Å²) in [5.74, 6) is -0.165. The molecule has 1 N–H and O–H groups in total. The van der Waals surface area contributed by atoms with E-state index in [0.29, 0.717) is 24.3 Å². The van der Waals surface area contributed by atoms with E-state index < -0.39 is 12.0 Å². The molecular weight excluding hydrogens is 254 g/mol. The summed E-state index contributed by atoms with van der Waals surface area (Å²) in [6.07, 6.45) is 3.11. The first-order chi connectivity index (χ1) is 9.72. The van der Waals surface area contributed by atoms with Gasteiger partial charge in [-0.1, -0.05) is 12.1 Å². The van der Waals surface area contributed by atoms with Crippen LogP contribution in [0.25, 0.3) is 10.8 Å². The molecule has 1 atom stereocenters. The predicted octanol–water partition coefficient (Wildman–Crippen LogP) is 2.16. The second-order valence-electron chi connectivity index (χ2n) is 4.84. The van der Waals surface area contributed by atoms with Crippen molar-refractivity contribution in [2.75, 3.05) is 11.4 Å². The number of hydrogen-bond donors (Lipinski definition) is 1. The first-order valence-electron chi connectivity index (χ1n) is 6.49. The van der Waals surface area contributed by atoms with Crippen LogP contribution < -0.4 is 4.90 Å². The summed E-state index contributed by atoms with van der Waals surface area (Å²) in [6.45, 7) is 0.680. The molecule has 1 unspecified atom stereocenters. The largest absolute Gasteiger partial charge is 0.480 e. The Morgan fingerprint density at radius 3 is 3.00 bits per heavy atom. The fraction of sp³-hybridized carbons (Fsp3) is 0.267. The van der Waals surface area contributed by atoms with E-state index >= 15 is 0 Å². The zero-order chi connectivity index (χ0) is 14.1. The third kappa shape index (κ3) is 1.86. The minimum absolute atomic E-state index is 0.529. The van der Waals surface area contributed by atoms with Crippen LogP contribution in [0.2, 0.25) is 0 Å². The molecule has 5 heteroatoms. The van der Waals surface area contributed by atoms with E-state index in [-0.39, 0.29) is 0 Å². The number of aromatic nitrogens is 1. The van der Waals surface area contributed by atoms with E-state index in [1.807, 2.05) is 11.0 Å². The lowest BCUT2D eigenvalue weighted by atomic mass is 10.1. The summed E-state index contributed by atoms with van der Waals surface area (Å²) < 4.78 is 0. The van der Waals surface area contributed by atoms with Gasteiger partial charge in [-0.3, -0.25) is 0 Å². The highest BCUT2D eigenvalue weighted by molar-refractivity contribution is 5.97. The maximum Gasteiger partial charge on any atom is 0.326 e. The zero-order valence-electron chi connectivity index (χ0n) is 10.8. The zero-order valence-corrected chi connectivity index (χ0v) is 10.8. The van der Waals surface area contributed by atoms with Crippen molar-refractivity contribution in [3.8, 4) is 6.07 Å². The predicted molar refractivity (Wildman–Crippen MR) is 74.5 cm³/mol. The molecule has 0 bridgehead atoms. The van der Waals surface area contributed by atoms with Crippen LogP contribution in [0.15, 0.2) is 30.5 Å². The molecule has 0 amide bonds. The molecule has 0 saturated carbocycles. The Labute approximate surface area is 116 Å². The molecular formula is C15H13N3O2. The first-order valence-corrected chi connectivity index (χ1v) is 6.49. The topological polar surface area (TPSA) is 77.2 Å². The number of anilines is 1. The van der Waals surface area contributed by atoms with E-state index in [0.717, 1.165) is 17.2 Å². The van der Waals surface area contributed by atoms with Crippen molar-refractivity contribution in [2.45, 2.75) is 18.9 Å². The molecule has 1 aromatic heterocycles. The number of pyridine rings is 1. The van der Waals surface area contributed by atoms with Crippen molar-refractivity contribution in [1.29, 1.82) is 5.26 Å². The van der Waals surface area contributed by atoms with Gasteiger partial charge in [0, 0.05) is 23.5 Å². The van der Waals surface area contributed by atoms with E-state index in [1.54, 1.807) is 24.4 Å². The number of benzene rings is 1. The fourth-order valence-electron chi connectivity index (χ4n) is 2.80. The maximum absolute atomic E-state index is 11.3. The summed E-state index contributed by atoms with van der Waals surface area (Å²) in [7, 11) is 0. The van der Waals surface area contributed by atoms with Gasteiger partial charge >= 0.3 is 5.97 Å². The molecule has 100 valence electrons. The van der Waals surface area contributed by atoms with E-state index in [4.69, 9.17) is 5.26 Å². The highest BCUT2D eigenvalue weighted by Crippen LogP contribution is 2.31. The number of nitriles is 1. The van der Waals surface area contributed by atoms with Gasteiger partial charge < -0.3 is 10.0 Å². The van der Waals surface area contributed by atoms with Crippen LogP contribution in [0.1, 0.15) is 18.4 Å². The van der Waals surface area contributed by atoms with Gasteiger partial charge in [-0.15, -0.1) is 0 Å². The van der Waals surface area contributed by atoms with Crippen molar-refractivity contribution < 1.29 is 9.90 Å². The molecule has 0 spiro atoms. The third-order valence-corrected chi connectivity index (χ3v) is 3.72. The van der Waals surface area contributed by atoms with Crippen LogP contribution in [0.4, 0.5) is 5.82 Å². The molecule has 20 heavy (non-hydrogen) atoms. The summed E-state index contributed by atoms with van der Waals surface area (Å²) in [5.41, 5.74) is 0.581. The Bertz CT molecular complexity index is 721. The molecule has 1 aliphatic heterocycles. The van der Waals surface area contributed by atoms with Crippen LogP contribution >= 0.6 is 0 Å². The minimum Gasteiger partial charge on any atom is -0.480 e. The monoisotopic (exact) mass is 267 g/mol. The standard InChI is InChI=1S/C15H13N3O2/c16-9-10-3-1-4-12-11(10)6-7-17-14(12)18-8-2-5-13(18)15(19)20/h1,3-4,6-7,13H,2,5,8H2,(H,19,20). The molecule has 1 fully saturated rings. The molecule has 1 saturated heterocycles. The molecule has 1 aliphatic rings.